The fourth-order valence-electron chi connectivity index (χ4n) is 3.14. The van der Waals surface area contributed by atoms with Gasteiger partial charge < -0.3 is 10.2 Å². The van der Waals surface area contributed by atoms with E-state index in [2.05, 4.69) is 48.2 Å². The maximum atomic E-state index is 12.5. The molecule has 0 saturated carbocycles. The molecular formula is C20H26N4O. The fraction of sp³-hybridized carbons (Fsp3) is 0.450. The van der Waals surface area contributed by atoms with E-state index >= 15 is 0 Å². The van der Waals surface area contributed by atoms with E-state index in [1.165, 1.54) is 12.0 Å². The molecule has 1 amide bonds. The Labute approximate surface area is 149 Å². The van der Waals surface area contributed by atoms with Crippen LogP contribution in [0, 0.1) is 5.92 Å². The number of piperidine rings is 1. The van der Waals surface area contributed by atoms with Gasteiger partial charge >= 0.3 is 0 Å². The fourth-order valence-corrected chi connectivity index (χ4v) is 3.14. The summed E-state index contributed by atoms with van der Waals surface area (Å²) in [6.45, 7) is 8.18. The topological polar surface area (TPSA) is 58.1 Å². The number of aromatic nitrogens is 2. The zero-order valence-corrected chi connectivity index (χ0v) is 15.2. The van der Waals surface area contributed by atoms with E-state index in [0.29, 0.717) is 23.3 Å². The van der Waals surface area contributed by atoms with Crippen molar-refractivity contribution in [2.24, 2.45) is 5.92 Å². The highest BCUT2D eigenvalue weighted by Crippen LogP contribution is 2.20. The molecule has 1 N–H and O–H groups in total. The van der Waals surface area contributed by atoms with Crippen LogP contribution in [0.25, 0.3) is 0 Å². The Morgan fingerprint density at radius 1 is 1.20 bits per heavy atom. The largest absolute Gasteiger partial charge is 0.338 e. The minimum Gasteiger partial charge on any atom is -0.338 e. The van der Waals surface area contributed by atoms with Gasteiger partial charge in [-0.05, 0) is 42.4 Å². The summed E-state index contributed by atoms with van der Waals surface area (Å²) in [7, 11) is 0. The Hall–Kier alpha value is -2.43. The minimum atomic E-state index is 0.0272. The SMILES string of the molecule is CC1CCCN(C(=O)c2cnc(Nc3ccc(C(C)C)cc3)nc2)C1. The van der Waals surface area contributed by atoms with Gasteiger partial charge in [0.25, 0.3) is 5.91 Å². The van der Waals surface area contributed by atoms with E-state index in [9.17, 15) is 4.79 Å². The van der Waals surface area contributed by atoms with Crippen LogP contribution in [0.1, 0.15) is 55.5 Å². The summed E-state index contributed by atoms with van der Waals surface area (Å²) in [4.78, 5) is 23.0. The van der Waals surface area contributed by atoms with Crippen molar-refractivity contribution in [2.45, 2.75) is 39.5 Å². The molecule has 1 aliphatic rings. The number of carbonyl (C=O) groups excluding carboxylic acids is 1. The van der Waals surface area contributed by atoms with Crippen molar-refractivity contribution in [2.75, 3.05) is 18.4 Å². The van der Waals surface area contributed by atoms with E-state index in [-0.39, 0.29) is 5.91 Å². The molecule has 0 aliphatic carbocycles. The highest BCUT2D eigenvalue weighted by Gasteiger charge is 2.22. The van der Waals surface area contributed by atoms with Gasteiger partial charge in [0.1, 0.15) is 0 Å². The molecule has 0 bridgehead atoms. The molecular weight excluding hydrogens is 312 g/mol. The molecule has 2 aromatic rings. The third-order valence-electron chi connectivity index (χ3n) is 4.68. The minimum absolute atomic E-state index is 0.0272. The molecule has 5 nitrogen and oxygen atoms in total. The van der Waals surface area contributed by atoms with Crippen molar-refractivity contribution in [1.29, 1.82) is 0 Å². The summed E-state index contributed by atoms with van der Waals surface area (Å²) >= 11 is 0. The molecule has 1 saturated heterocycles. The third kappa shape index (κ3) is 4.35. The average molecular weight is 338 g/mol. The number of benzene rings is 1. The Morgan fingerprint density at radius 2 is 1.88 bits per heavy atom. The van der Waals surface area contributed by atoms with Gasteiger partial charge in [0.2, 0.25) is 5.95 Å². The summed E-state index contributed by atoms with van der Waals surface area (Å²) in [5, 5.41) is 3.18. The molecule has 132 valence electrons. The molecule has 1 atom stereocenters. The standard InChI is InChI=1S/C20H26N4O/c1-14(2)16-6-8-18(9-7-16)23-20-21-11-17(12-22-20)19(25)24-10-4-5-15(3)13-24/h6-9,11-12,14-15H,4-5,10,13H2,1-3H3,(H,21,22,23). The van der Waals surface area contributed by atoms with Crippen molar-refractivity contribution in [3.8, 4) is 0 Å². The van der Waals surface area contributed by atoms with Crippen molar-refractivity contribution in [1.82, 2.24) is 14.9 Å². The van der Waals surface area contributed by atoms with Gasteiger partial charge in [-0.3, -0.25) is 4.79 Å². The summed E-state index contributed by atoms with van der Waals surface area (Å²) in [5.41, 5.74) is 2.78. The second kappa shape index (κ2) is 7.64. The number of likely N-dealkylation sites (tertiary alicyclic amines) is 1. The quantitative estimate of drug-likeness (QED) is 0.907. The number of carbonyl (C=O) groups is 1. The lowest BCUT2D eigenvalue weighted by atomic mass is 10.00. The summed E-state index contributed by atoms with van der Waals surface area (Å²) in [6.07, 6.45) is 5.48. The second-order valence-electron chi connectivity index (χ2n) is 7.20. The first-order valence-corrected chi connectivity index (χ1v) is 9.01. The normalized spacial score (nSPS) is 17.6. The van der Waals surface area contributed by atoms with E-state index in [0.717, 1.165) is 25.2 Å². The predicted molar refractivity (Wildman–Crippen MR) is 100 cm³/mol. The van der Waals surface area contributed by atoms with Gasteiger partial charge in [0.15, 0.2) is 0 Å². The highest BCUT2D eigenvalue weighted by atomic mass is 16.2. The molecule has 3 rings (SSSR count). The predicted octanol–water partition coefficient (Wildman–Crippen LogP) is 4.22. The number of hydrogen-bond donors (Lipinski definition) is 1. The number of nitrogens with one attached hydrogen (secondary N) is 1. The number of amides is 1. The van der Waals surface area contributed by atoms with Crippen molar-refractivity contribution in [3.63, 3.8) is 0 Å². The lowest BCUT2D eigenvalue weighted by molar-refractivity contribution is 0.0682. The van der Waals surface area contributed by atoms with Crippen LogP contribution in [0.3, 0.4) is 0 Å². The van der Waals surface area contributed by atoms with Gasteiger partial charge in [-0.15, -0.1) is 0 Å². The first-order chi connectivity index (χ1) is 12.0. The van der Waals surface area contributed by atoms with Crippen LogP contribution in [-0.2, 0) is 0 Å². The average Bonchev–Trinajstić information content (AvgIpc) is 2.62. The first kappa shape index (κ1) is 17.4. The van der Waals surface area contributed by atoms with Crippen molar-refractivity contribution in [3.05, 3.63) is 47.8 Å². The van der Waals surface area contributed by atoms with Gasteiger partial charge in [-0.2, -0.15) is 0 Å². The molecule has 1 aromatic heterocycles. The molecule has 1 unspecified atom stereocenters. The lowest BCUT2D eigenvalue weighted by Gasteiger charge is -2.30. The first-order valence-electron chi connectivity index (χ1n) is 9.01. The maximum Gasteiger partial charge on any atom is 0.257 e. The maximum absolute atomic E-state index is 12.5. The van der Waals surface area contributed by atoms with Crippen LogP contribution in [0.5, 0.6) is 0 Å². The third-order valence-corrected chi connectivity index (χ3v) is 4.68. The molecule has 0 spiro atoms. The molecule has 2 heterocycles. The Balaban J connectivity index is 1.64. The van der Waals surface area contributed by atoms with E-state index < -0.39 is 0 Å². The van der Waals surface area contributed by atoms with E-state index in [4.69, 9.17) is 0 Å². The molecule has 5 heteroatoms. The van der Waals surface area contributed by atoms with Crippen molar-refractivity contribution >= 4 is 17.5 Å². The van der Waals surface area contributed by atoms with Crippen LogP contribution in [0.4, 0.5) is 11.6 Å². The molecule has 25 heavy (non-hydrogen) atoms. The van der Waals surface area contributed by atoms with Gasteiger partial charge in [0.05, 0.1) is 5.56 Å². The van der Waals surface area contributed by atoms with Crippen LogP contribution in [0.2, 0.25) is 0 Å². The highest BCUT2D eigenvalue weighted by molar-refractivity contribution is 5.93. The molecule has 1 fully saturated rings. The molecule has 0 radical (unpaired) electrons. The number of rotatable bonds is 4. The molecule has 1 aromatic carbocycles. The van der Waals surface area contributed by atoms with Crippen LogP contribution < -0.4 is 5.32 Å². The van der Waals surface area contributed by atoms with Crippen LogP contribution in [-0.4, -0.2) is 33.9 Å². The van der Waals surface area contributed by atoms with Crippen molar-refractivity contribution < 1.29 is 4.79 Å². The summed E-state index contributed by atoms with van der Waals surface area (Å²) < 4.78 is 0. The zero-order valence-electron chi connectivity index (χ0n) is 15.2. The number of nitrogens with zero attached hydrogens (tertiary/aromatic N) is 3. The summed E-state index contributed by atoms with van der Waals surface area (Å²) in [6, 6.07) is 8.24. The second-order valence-corrected chi connectivity index (χ2v) is 7.20. The smallest absolute Gasteiger partial charge is 0.257 e. The Kier molecular flexibility index (Phi) is 5.31. The summed E-state index contributed by atoms with van der Waals surface area (Å²) in [5.74, 6) is 1.60. The lowest BCUT2D eigenvalue weighted by Crippen LogP contribution is -2.39. The number of anilines is 2. The van der Waals surface area contributed by atoms with Gasteiger partial charge in [-0.25, -0.2) is 9.97 Å². The Bertz CT molecular complexity index is 709. The van der Waals surface area contributed by atoms with E-state index in [1.807, 2.05) is 17.0 Å². The molecule has 1 aliphatic heterocycles. The van der Waals surface area contributed by atoms with Crippen LogP contribution in [0.15, 0.2) is 36.7 Å². The van der Waals surface area contributed by atoms with Gasteiger partial charge in [-0.1, -0.05) is 32.9 Å². The zero-order chi connectivity index (χ0) is 17.8. The van der Waals surface area contributed by atoms with Crippen LogP contribution >= 0.6 is 0 Å². The monoisotopic (exact) mass is 338 g/mol. The Morgan fingerprint density at radius 3 is 2.48 bits per heavy atom. The number of hydrogen-bond acceptors (Lipinski definition) is 4. The van der Waals surface area contributed by atoms with Gasteiger partial charge in [0, 0.05) is 31.2 Å². The van der Waals surface area contributed by atoms with E-state index in [1.54, 1.807) is 12.4 Å².